The third-order valence-electron chi connectivity index (χ3n) is 6.92. The van der Waals surface area contributed by atoms with Gasteiger partial charge in [0.1, 0.15) is 17.1 Å². The van der Waals surface area contributed by atoms with Gasteiger partial charge in [0.15, 0.2) is 5.43 Å². The molecule has 0 unspecified atom stereocenters. The molecule has 2 aliphatic rings. The summed E-state index contributed by atoms with van der Waals surface area (Å²) in [7, 11) is 0. The fraction of sp³-hybridized carbons (Fsp3) is 0.125. The molecule has 2 heterocycles. The number of fused-ring (bicyclic) bond motifs is 3. The maximum atomic E-state index is 12.5. The molecule has 4 aromatic rings. The Morgan fingerprint density at radius 1 is 0.919 bits per heavy atom. The first-order valence-electron chi connectivity index (χ1n) is 12.3. The fourth-order valence-electron chi connectivity index (χ4n) is 4.91. The number of hydrogen-bond donors (Lipinski definition) is 2. The third-order valence-corrected chi connectivity index (χ3v) is 6.92. The number of phenols is 1. The molecular formula is C32H26N2O3. The molecule has 0 saturated heterocycles. The standard InChI is InChI=1S/C32H26N2O3/c1-18-7-10-21(11-8-18)30-23-13-14-27(35)25(32(23)37-29-16-28(36)19(2)15-24(29)30)17-33-26-6-4-5-22-12-9-20(3)34-31(22)26/h4-16,33,35H,17H2,1-3H3. The van der Waals surface area contributed by atoms with E-state index in [9.17, 15) is 9.90 Å². The van der Waals surface area contributed by atoms with Crippen LogP contribution in [0.15, 0.2) is 88.1 Å². The van der Waals surface area contributed by atoms with Crippen LogP contribution in [0.2, 0.25) is 0 Å². The van der Waals surface area contributed by atoms with Crippen LogP contribution in [-0.2, 0) is 6.54 Å². The molecule has 1 aliphatic carbocycles. The largest absolute Gasteiger partial charge is 0.507 e. The van der Waals surface area contributed by atoms with Gasteiger partial charge in [-0.25, -0.2) is 0 Å². The van der Waals surface area contributed by atoms with Crippen LogP contribution in [0.3, 0.4) is 0 Å². The molecular weight excluding hydrogens is 460 g/mol. The second-order valence-corrected chi connectivity index (χ2v) is 9.58. The summed E-state index contributed by atoms with van der Waals surface area (Å²) in [6, 6.07) is 25.4. The van der Waals surface area contributed by atoms with Crippen molar-refractivity contribution in [3.63, 3.8) is 0 Å². The van der Waals surface area contributed by atoms with E-state index in [2.05, 4.69) is 42.6 Å². The molecule has 37 heavy (non-hydrogen) atoms. The van der Waals surface area contributed by atoms with Crippen LogP contribution in [0, 0.1) is 20.8 Å². The molecule has 2 N–H and O–H groups in total. The van der Waals surface area contributed by atoms with Crippen molar-refractivity contribution in [3.8, 4) is 28.2 Å². The van der Waals surface area contributed by atoms with Gasteiger partial charge in [0.2, 0.25) is 0 Å². The number of hydrogen-bond acceptors (Lipinski definition) is 5. The minimum atomic E-state index is -0.0810. The van der Waals surface area contributed by atoms with Crippen LogP contribution >= 0.6 is 0 Å². The van der Waals surface area contributed by atoms with E-state index in [4.69, 9.17) is 9.40 Å². The number of phenolic OH excluding ortho intramolecular Hbond substituents is 1. The third kappa shape index (κ3) is 3.99. The van der Waals surface area contributed by atoms with E-state index >= 15 is 0 Å². The van der Waals surface area contributed by atoms with Crippen molar-refractivity contribution in [2.75, 3.05) is 5.32 Å². The molecule has 5 heteroatoms. The van der Waals surface area contributed by atoms with E-state index in [-0.39, 0.29) is 11.2 Å². The predicted molar refractivity (Wildman–Crippen MR) is 149 cm³/mol. The Hall–Kier alpha value is -4.64. The number of aryl methyl sites for hydroxylation is 3. The van der Waals surface area contributed by atoms with E-state index in [0.29, 0.717) is 29.0 Å². The molecule has 0 amide bonds. The SMILES string of the molecule is Cc1ccc(-c2c3cc(C)c(=O)cc-3oc3c(CNc4cccc5ccc(C)nc45)c(O)ccc23)cc1. The van der Waals surface area contributed by atoms with E-state index < -0.39 is 0 Å². The van der Waals surface area contributed by atoms with Crippen LogP contribution in [0.5, 0.6) is 5.75 Å². The van der Waals surface area contributed by atoms with Gasteiger partial charge in [-0.3, -0.25) is 9.78 Å². The number of nitrogens with one attached hydrogen (secondary N) is 1. The minimum Gasteiger partial charge on any atom is -0.507 e. The van der Waals surface area contributed by atoms with Crippen LogP contribution in [-0.4, -0.2) is 10.1 Å². The predicted octanol–water partition coefficient (Wildman–Crippen LogP) is 7.36. The van der Waals surface area contributed by atoms with Gasteiger partial charge in [-0.05, 0) is 62.2 Å². The average molecular weight is 487 g/mol. The first-order chi connectivity index (χ1) is 17.9. The summed E-state index contributed by atoms with van der Waals surface area (Å²) in [5, 5.41) is 16.3. The van der Waals surface area contributed by atoms with Gasteiger partial charge >= 0.3 is 0 Å². The van der Waals surface area contributed by atoms with Gasteiger partial charge in [0.25, 0.3) is 0 Å². The number of anilines is 1. The highest BCUT2D eigenvalue weighted by atomic mass is 16.3. The van der Waals surface area contributed by atoms with Crippen molar-refractivity contribution in [2.24, 2.45) is 0 Å². The van der Waals surface area contributed by atoms with Crippen LogP contribution in [0.1, 0.15) is 22.4 Å². The highest BCUT2D eigenvalue weighted by Gasteiger charge is 2.21. The molecule has 0 spiro atoms. The van der Waals surface area contributed by atoms with Gasteiger partial charge in [0.05, 0.1) is 16.8 Å². The summed E-state index contributed by atoms with van der Waals surface area (Å²) in [6.07, 6.45) is 0. The number of rotatable bonds is 4. The van der Waals surface area contributed by atoms with Crippen LogP contribution in [0.4, 0.5) is 5.69 Å². The van der Waals surface area contributed by atoms with E-state index in [1.807, 2.05) is 50.2 Å². The zero-order chi connectivity index (χ0) is 25.7. The van der Waals surface area contributed by atoms with Crippen molar-refractivity contribution in [3.05, 3.63) is 111 Å². The van der Waals surface area contributed by atoms with E-state index in [1.165, 1.54) is 0 Å². The zero-order valence-corrected chi connectivity index (χ0v) is 20.9. The van der Waals surface area contributed by atoms with Crippen LogP contribution < -0.4 is 10.7 Å². The Morgan fingerprint density at radius 2 is 1.73 bits per heavy atom. The Bertz CT molecular complexity index is 1830. The summed E-state index contributed by atoms with van der Waals surface area (Å²) in [5.41, 5.74) is 8.44. The summed E-state index contributed by atoms with van der Waals surface area (Å²) in [5.74, 6) is 0.616. The van der Waals surface area contributed by atoms with E-state index in [0.717, 1.165) is 49.9 Å². The van der Waals surface area contributed by atoms with Gasteiger partial charge in [-0.2, -0.15) is 0 Å². The number of nitrogens with zero attached hydrogens (tertiary/aromatic N) is 1. The smallest absolute Gasteiger partial charge is 0.185 e. The maximum absolute atomic E-state index is 12.5. The monoisotopic (exact) mass is 486 g/mol. The molecule has 0 saturated carbocycles. The summed E-state index contributed by atoms with van der Waals surface area (Å²) in [4.78, 5) is 17.3. The molecule has 0 radical (unpaired) electrons. The molecule has 0 fully saturated rings. The first-order valence-corrected chi connectivity index (χ1v) is 12.3. The molecule has 3 aromatic carbocycles. The summed E-state index contributed by atoms with van der Waals surface area (Å²) in [6.45, 7) is 6.16. The zero-order valence-electron chi connectivity index (χ0n) is 20.9. The number of para-hydroxylation sites is 1. The molecule has 0 atom stereocenters. The second-order valence-electron chi connectivity index (χ2n) is 9.58. The van der Waals surface area contributed by atoms with Gasteiger partial charge in [-0.1, -0.05) is 48.0 Å². The van der Waals surface area contributed by atoms with E-state index in [1.54, 1.807) is 12.1 Å². The Kier molecular flexibility index (Phi) is 5.41. The van der Waals surface area contributed by atoms with Crippen LogP contribution in [0.25, 0.3) is 44.3 Å². The molecule has 0 bridgehead atoms. The Balaban J connectivity index is 1.56. The van der Waals surface area contributed by atoms with Gasteiger partial charge in [-0.15, -0.1) is 0 Å². The van der Waals surface area contributed by atoms with Crippen molar-refractivity contribution >= 4 is 27.6 Å². The summed E-state index contributed by atoms with van der Waals surface area (Å²) >= 11 is 0. The maximum Gasteiger partial charge on any atom is 0.185 e. The van der Waals surface area contributed by atoms with Gasteiger partial charge in [0, 0.05) is 40.2 Å². The Morgan fingerprint density at radius 3 is 2.54 bits per heavy atom. The average Bonchev–Trinajstić information content (AvgIpc) is 2.88. The number of pyridine rings is 1. The highest BCUT2D eigenvalue weighted by Crippen LogP contribution is 2.43. The van der Waals surface area contributed by atoms with Crippen molar-refractivity contribution < 1.29 is 9.52 Å². The number of benzene rings is 4. The first kappa shape index (κ1) is 22.8. The van der Waals surface area contributed by atoms with Crippen molar-refractivity contribution in [1.29, 1.82) is 0 Å². The second kappa shape index (κ2) is 8.79. The molecule has 1 aliphatic heterocycles. The normalized spacial score (nSPS) is 11.4. The Labute approximate surface area is 214 Å². The summed E-state index contributed by atoms with van der Waals surface area (Å²) < 4.78 is 6.36. The van der Waals surface area contributed by atoms with Gasteiger partial charge < -0.3 is 14.8 Å². The lowest BCUT2D eigenvalue weighted by atomic mass is 9.91. The lowest BCUT2D eigenvalue weighted by Crippen LogP contribution is -2.06. The lowest BCUT2D eigenvalue weighted by Gasteiger charge is -2.19. The lowest BCUT2D eigenvalue weighted by molar-refractivity contribution is 0.467. The molecule has 5 nitrogen and oxygen atoms in total. The minimum absolute atomic E-state index is 0.0810. The number of aromatic nitrogens is 1. The van der Waals surface area contributed by atoms with Crippen molar-refractivity contribution in [1.82, 2.24) is 4.98 Å². The quantitative estimate of drug-likeness (QED) is 0.255. The molecule has 6 rings (SSSR count). The highest BCUT2D eigenvalue weighted by molar-refractivity contribution is 6.03. The number of aromatic hydroxyl groups is 1. The topological polar surface area (TPSA) is 75.4 Å². The molecule has 1 aromatic heterocycles. The fourth-order valence-corrected chi connectivity index (χ4v) is 4.91. The molecule has 182 valence electrons. The van der Waals surface area contributed by atoms with Crippen molar-refractivity contribution in [2.45, 2.75) is 27.3 Å².